The highest BCUT2D eigenvalue weighted by Crippen LogP contribution is 2.12. The number of nitrogen functional groups attached to an aromatic ring is 1. The molecular formula is C17H21NO2. The molecule has 0 radical (unpaired) electrons. The normalized spacial score (nSPS) is 10.4. The van der Waals surface area contributed by atoms with Crippen LogP contribution in [0.2, 0.25) is 0 Å². The first-order valence-electron chi connectivity index (χ1n) is 6.83. The lowest BCUT2D eigenvalue weighted by Crippen LogP contribution is -1.98. The minimum atomic E-state index is 0.645. The molecule has 0 bridgehead atoms. The smallest absolute Gasteiger partial charge is 0.118 e. The fourth-order valence-corrected chi connectivity index (χ4v) is 1.97. The Bertz CT molecular complexity index is 506. The molecule has 3 nitrogen and oxygen atoms in total. The highest BCUT2D eigenvalue weighted by atomic mass is 16.5. The van der Waals surface area contributed by atoms with Gasteiger partial charge in [-0.05, 0) is 48.2 Å². The Morgan fingerprint density at radius 1 is 0.900 bits per heavy atom. The maximum Gasteiger partial charge on any atom is 0.118 e. The fraction of sp³-hybridized carbons (Fsp3) is 0.294. The van der Waals surface area contributed by atoms with Crippen molar-refractivity contribution in [2.45, 2.75) is 19.4 Å². The van der Waals surface area contributed by atoms with Crippen molar-refractivity contribution >= 4 is 5.69 Å². The quantitative estimate of drug-likeness (QED) is 0.620. The van der Waals surface area contributed by atoms with Gasteiger partial charge in [0.15, 0.2) is 0 Å². The molecule has 20 heavy (non-hydrogen) atoms. The molecule has 0 aliphatic carbocycles. The van der Waals surface area contributed by atoms with Crippen LogP contribution in [0.15, 0.2) is 48.5 Å². The largest absolute Gasteiger partial charge is 0.497 e. The van der Waals surface area contributed by atoms with Gasteiger partial charge in [0, 0.05) is 12.3 Å². The summed E-state index contributed by atoms with van der Waals surface area (Å²) in [5.74, 6) is 0.872. The molecule has 0 fully saturated rings. The Morgan fingerprint density at radius 2 is 1.55 bits per heavy atom. The zero-order valence-corrected chi connectivity index (χ0v) is 11.8. The number of nitrogens with two attached hydrogens (primary N) is 1. The molecule has 2 aromatic carbocycles. The lowest BCUT2D eigenvalue weighted by molar-refractivity contribution is 0.118. The fourth-order valence-electron chi connectivity index (χ4n) is 1.97. The molecule has 2 N–H and O–H groups in total. The molecule has 0 amide bonds. The summed E-state index contributed by atoms with van der Waals surface area (Å²) in [7, 11) is 1.67. The molecule has 0 spiro atoms. The minimum absolute atomic E-state index is 0.645. The van der Waals surface area contributed by atoms with Crippen LogP contribution in [-0.4, -0.2) is 13.7 Å². The predicted molar refractivity (Wildman–Crippen MR) is 81.8 cm³/mol. The van der Waals surface area contributed by atoms with Crippen LogP contribution < -0.4 is 10.5 Å². The van der Waals surface area contributed by atoms with Crippen molar-refractivity contribution in [2.24, 2.45) is 0 Å². The van der Waals surface area contributed by atoms with Gasteiger partial charge >= 0.3 is 0 Å². The molecule has 0 unspecified atom stereocenters. The van der Waals surface area contributed by atoms with Crippen LogP contribution in [0, 0.1) is 0 Å². The van der Waals surface area contributed by atoms with Crippen LogP contribution in [0.3, 0.4) is 0 Å². The summed E-state index contributed by atoms with van der Waals surface area (Å²) < 4.78 is 10.8. The van der Waals surface area contributed by atoms with Crippen molar-refractivity contribution in [3.05, 3.63) is 59.7 Å². The van der Waals surface area contributed by atoms with Gasteiger partial charge in [0.05, 0.1) is 13.7 Å². The van der Waals surface area contributed by atoms with E-state index in [0.717, 1.165) is 30.9 Å². The summed E-state index contributed by atoms with van der Waals surface area (Å²) in [6.45, 7) is 1.40. The summed E-state index contributed by atoms with van der Waals surface area (Å²) in [4.78, 5) is 0. The molecule has 0 aliphatic heterocycles. The van der Waals surface area contributed by atoms with Gasteiger partial charge in [-0.25, -0.2) is 0 Å². The Balaban J connectivity index is 1.64. The maximum atomic E-state index is 5.67. The number of hydrogen-bond acceptors (Lipinski definition) is 3. The number of aryl methyl sites for hydroxylation is 1. The van der Waals surface area contributed by atoms with Crippen LogP contribution in [0.5, 0.6) is 5.75 Å². The van der Waals surface area contributed by atoms with Gasteiger partial charge in [0.25, 0.3) is 0 Å². The Hall–Kier alpha value is -2.00. The standard InChI is InChI=1S/C17H21NO2/c1-19-17-10-6-15(7-11-17)13-20-12-2-3-14-4-8-16(18)9-5-14/h4-11H,2-3,12-13,18H2,1H3. The van der Waals surface area contributed by atoms with E-state index in [0.29, 0.717) is 6.61 Å². The monoisotopic (exact) mass is 271 g/mol. The second kappa shape index (κ2) is 7.56. The third kappa shape index (κ3) is 4.59. The molecule has 0 saturated heterocycles. The lowest BCUT2D eigenvalue weighted by atomic mass is 10.1. The molecule has 106 valence electrons. The first-order chi connectivity index (χ1) is 9.78. The number of benzene rings is 2. The van der Waals surface area contributed by atoms with Gasteiger partial charge in [-0.15, -0.1) is 0 Å². The van der Waals surface area contributed by atoms with E-state index in [9.17, 15) is 0 Å². The number of hydrogen-bond donors (Lipinski definition) is 1. The first kappa shape index (κ1) is 14.4. The number of rotatable bonds is 7. The number of methoxy groups -OCH3 is 1. The molecule has 0 aromatic heterocycles. The van der Waals surface area contributed by atoms with Crippen LogP contribution in [-0.2, 0) is 17.8 Å². The van der Waals surface area contributed by atoms with E-state index in [4.69, 9.17) is 15.2 Å². The third-order valence-electron chi connectivity index (χ3n) is 3.16. The Kier molecular flexibility index (Phi) is 5.44. The van der Waals surface area contributed by atoms with E-state index in [1.54, 1.807) is 7.11 Å². The average molecular weight is 271 g/mol. The second-order valence-electron chi connectivity index (χ2n) is 4.75. The Morgan fingerprint density at radius 3 is 2.20 bits per heavy atom. The molecule has 0 atom stereocenters. The van der Waals surface area contributed by atoms with Crippen LogP contribution in [0.1, 0.15) is 17.5 Å². The first-order valence-corrected chi connectivity index (χ1v) is 6.83. The summed E-state index contributed by atoms with van der Waals surface area (Å²) in [6.07, 6.45) is 2.03. The molecule has 2 rings (SSSR count). The number of anilines is 1. The SMILES string of the molecule is COc1ccc(COCCCc2ccc(N)cc2)cc1. The summed E-state index contributed by atoms with van der Waals surface area (Å²) in [5, 5.41) is 0. The molecule has 3 heteroatoms. The van der Waals surface area contributed by atoms with Gasteiger partial charge in [-0.3, -0.25) is 0 Å². The van der Waals surface area contributed by atoms with Gasteiger partial charge in [-0.1, -0.05) is 24.3 Å². The molecular weight excluding hydrogens is 250 g/mol. The topological polar surface area (TPSA) is 44.5 Å². The van der Waals surface area contributed by atoms with Crippen molar-refractivity contribution in [3.63, 3.8) is 0 Å². The van der Waals surface area contributed by atoms with E-state index in [2.05, 4.69) is 12.1 Å². The van der Waals surface area contributed by atoms with Crippen LogP contribution in [0.4, 0.5) is 5.69 Å². The van der Waals surface area contributed by atoms with Crippen molar-refractivity contribution in [3.8, 4) is 5.75 Å². The lowest BCUT2D eigenvalue weighted by Gasteiger charge is -2.06. The van der Waals surface area contributed by atoms with Crippen molar-refractivity contribution in [1.82, 2.24) is 0 Å². The molecule has 0 aliphatic rings. The van der Waals surface area contributed by atoms with E-state index >= 15 is 0 Å². The third-order valence-corrected chi connectivity index (χ3v) is 3.16. The van der Waals surface area contributed by atoms with Crippen molar-refractivity contribution in [1.29, 1.82) is 0 Å². The summed E-state index contributed by atoms with van der Waals surface area (Å²) in [5.41, 5.74) is 8.93. The zero-order chi connectivity index (χ0) is 14.2. The van der Waals surface area contributed by atoms with Crippen molar-refractivity contribution in [2.75, 3.05) is 19.5 Å². The van der Waals surface area contributed by atoms with E-state index in [-0.39, 0.29) is 0 Å². The van der Waals surface area contributed by atoms with E-state index in [1.165, 1.54) is 11.1 Å². The number of ether oxygens (including phenoxy) is 2. The van der Waals surface area contributed by atoms with Crippen molar-refractivity contribution < 1.29 is 9.47 Å². The maximum absolute atomic E-state index is 5.67. The van der Waals surface area contributed by atoms with Crippen LogP contribution >= 0.6 is 0 Å². The highest BCUT2D eigenvalue weighted by molar-refractivity contribution is 5.39. The Labute approximate surface area is 120 Å². The molecule has 2 aromatic rings. The van der Waals surface area contributed by atoms with Gasteiger partial charge in [-0.2, -0.15) is 0 Å². The summed E-state index contributed by atoms with van der Waals surface area (Å²) >= 11 is 0. The van der Waals surface area contributed by atoms with E-state index < -0.39 is 0 Å². The average Bonchev–Trinajstić information content (AvgIpc) is 2.49. The van der Waals surface area contributed by atoms with Gasteiger partial charge < -0.3 is 15.2 Å². The molecule has 0 saturated carbocycles. The molecule has 0 heterocycles. The van der Waals surface area contributed by atoms with Gasteiger partial charge in [0.2, 0.25) is 0 Å². The van der Waals surface area contributed by atoms with Gasteiger partial charge in [0.1, 0.15) is 5.75 Å². The predicted octanol–water partition coefficient (Wildman–Crippen LogP) is 3.43. The second-order valence-corrected chi connectivity index (χ2v) is 4.75. The highest BCUT2D eigenvalue weighted by Gasteiger charge is 1.96. The van der Waals surface area contributed by atoms with E-state index in [1.807, 2.05) is 36.4 Å². The van der Waals surface area contributed by atoms with Crippen LogP contribution in [0.25, 0.3) is 0 Å². The minimum Gasteiger partial charge on any atom is -0.497 e. The zero-order valence-electron chi connectivity index (χ0n) is 11.8. The summed E-state index contributed by atoms with van der Waals surface area (Å²) in [6, 6.07) is 16.0.